The van der Waals surface area contributed by atoms with Gasteiger partial charge in [0.15, 0.2) is 0 Å². The average Bonchev–Trinajstić information content (AvgIpc) is 2.25. The van der Waals surface area contributed by atoms with Gasteiger partial charge in [-0.1, -0.05) is 18.2 Å². The Balaban J connectivity index is 3.32. The van der Waals surface area contributed by atoms with Crippen LogP contribution in [0.15, 0.2) is 18.2 Å². The first kappa shape index (κ1) is 14.5. The molecule has 100 valence electrons. The van der Waals surface area contributed by atoms with Crippen molar-refractivity contribution in [1.82, 2.24) is 5.32 Å². The molecular formula is C12H18N2O3S. The first-order chi connectivity index (χ1) is 8.27. The fourth-order valence-corrected chi connectivity index (χ4v) is 2.74. The molecule has 0 heterocycles. The van der Waals surface area contributed by atoms with Gasteiger partial charge in [-0.2, -0.15) is 0 Å². The molecular weight excluding hydrogens is 252 g/mol. The van der Waals surface area contributed by atoms with Gasteiger partial charge >= 0.3 is 0 Å². The number of hydrogen-bond acceptors (Lipinski definition) is 3. The molecule has 0 aliphatic rings. The number of carbonyl (C=O) groups excluding carboxylic acids is 1. The summed E-state index contributed by atoms with van der Waals surface area (Å²) in [7, 11) is -2.02. The fourth-order valence-electron chi connectivity index (χ4n) is 1.77. The van der Waals surface area contributed by atoms with Crippen molar-refractivity contribution >= 4 is 21.6 Å². The van der Waals surface area contributed by atoms with Crippen molar-refractivity contribution in [1.29, 1.82) is 0 Å². The van der Waals surface area contributed by atoms with Crippen LogP contribution in [0.25, 0.3) is 0 Å². The minimum Gasteiger partial charge on any atom is -0.358 e. The number of anilines is 1. The summed E-state index contributed by atoms with van der Waals surface area (Å²) in [4.78, 5) is 11.4. The SMILES string of the molecule is CNC(=O)CN(c1c(C)cccc1C)S(C)(=O)=O. The Hall–Kier alpha value is -1.56. The van der Waals surface area contributed by atoms with Crippen molar-refractivity contribution in [2.45, 2.75) is 13.8 Å². The molecule has 1 rings (SSSR count). The number of amides is 1. The lowest BCUT2D eigenvalue weighted by molar-refractivity contribution is -0.119. The summed E-state index contributed by atoms with van der Waals surface area (Å²) in [6, 6.07) is 5.50. The fraction of sp³-hybridized carbons (Fsp3) is 0.417. The van der Waals surface area contributed by atoms with Gasteiger partial charge in [-0.3, -0.25) is 9.10 Å². The second-order valence-corrected chi connectivity index (χ2v) is 6.09. The monoisotopic (exact) mass is 270 g/mol. The van der Waals surface area contributed by atoms with Crippen LogP contribution in [0.5, 0.6) is 0 Å². The molecule has 0 radical (unpaired) electrons. The number of rotatable bonds is 4. The number of benzene rings is 1. The van der Waals surface area contributed by atoms with Gasteiger partial charge in [0.05, 0.1) is 11.9 Å². The maximum Gasteiger partial charge on any atom is 0.240 e. The highest BCUT2D eigenvalue weighted by atomic mass is 32.2. The normalized spacial score (nSPS) is 11.1. The van der Waals surface area contributed by atoms with Gasteiger partial charge in [-0.15, -0.1) is 0 Å². The van der Waals surface area contributed by atoms with E-state index in [0.29, 0.717) is 5.69 Å². The molecule has 0 unspecified atom stereocenters. The Morgan fingerprint density at radius 1 is 1.28 bits per heavy atom. The lowest BCUT2D eigenvalue weighted by Gasteiger charge is -2.25. The van der Waals surface area contributed by atoms with E-state index in [1.54, 1.807) is 0 Å². The average molecular weight is 270 g/mol. The van der Waals surface area contributed by atoms with E-state index in [1.165, 1.54) is 7.05 Å². The van der Waals surface area contributed by atoms with Crippen molar-refractivity contribution in [2.24, 2.45) is 0 Å². The molecule has 1 N–H and O–H groups in total. The minimum absolute atomic E-state index is 0.207. The highest BCUT2D eigenvalue weighted by Gasteiger charge is 2.23. The van der Waals surface area contributed by atoms with Crippen molar-refractivity contribution in [3.63, 3.8) is 0 Å². The summed E-state index contributed by atoms with van der Waals surface area (Å²) < 4.78 is 24.8. The molecule has 0 spiro atoms. The molecule has 0 atom stereocenters. The summed E-state index contributed by atoms with van der Waals surface area (Å²) >= 11 is 0. The maximum absolute atomic E-state index is 11.8. The maximum atomic E-state index is 11.8. The van der Waals surface area contributed by atoms with E-state index < -0.39 is 10.0 Å². The van der Waals surface area contributed by atoms with Gasteiger partial charge in [0.25, 0.3) is 0 Å². The van der Waals surface area contributed by atoms with Crippen molar-refractivity contribution < 1.29 is 13.2 Å². The molecule has 1 aromatic rings. The lowest BCUT2D eigenvalue weighted by Crippen LogP contribution is -2.39. The zero-order valence-corrected chi connectivity index (χ0v) is 11.8. The Kier molecular flexibility index (Phi) is 4.34. The van der Waals surface area contributed by atoms with Gasteiger partial charge < -0.3 is 5.32 Å². The highest BCUT2D eigenvalue weighted by Crippen LogP contribution is 2.26. The van der Waals surface area contributed by atoms with Gasteiger partial charge in [-0.05, 0) is 25.0 Å². The first-order valence-electron chi connectivity index (χ1n) is 5.52. The quantitative estimate of drug-likeness (QED) is 0.880. The summed E-state index contributed by atoms with van der Waals surface area (Å²) in [5.74, 6) is -0.344. The Labute approximate surface area is 108 Å². The van der Waals surface area contributed by atoms with Crippen molar-refractivity contribution in [2.75, 3.05) is 24.2 Å². The third-order valence-corrected chi connectivity index (χ3v) is 3.77. The largest absolute Gasteiger partial charge is 0.358 e. The van der Waals surface area contributed by atoms with Crippen LogP contribution in [0, 0.1) is 13.8 Å². The molecule has 18 heavy (non-hydrogen) atoms. The van der Waals surface area contributed by atoms with E-state index in [9.17, 15) is 13.2 Å². The van der Waals surface area contributed by atoms with E-state index in [0.717, 1.165) is 21.7 Å². The Morgan fingerprint density at radius 3 is 2.17 bits per heavy atom. The van der Waals surface area contributed by atoms with Crippen LogP contribution in [0.1, 0.15) is 11.1 Å². The van der Waals surface area contributed by atoms with Crippen molar-refractivity contribution in [3.8, 4) is 0 Å². The molecule has 0 aliphatic heterocycles. The number of carbonyl (C=O) groups is 1. The number of likely N-dealkylation sites (N-methyl/N-ethyl adjacent to an activating group) is 1. The van der Waals surface area contributed by atoms with Gasteiger partial charge in [0.2, 0.25) is 15.9 Å². The second kappa shape index (κ2) is 5.39. The van der Waals surface area contributed by atoms with Crippen LogP contribution in [0.2, 0.25) is 0 Å². The number of nitrogens with zero attached hydrogens (tertiary/aromatic N) is 1. The van der Waals surface area contributed by atoms with Crippen LogP contribution in [-0.2, 0) is 14.8 Å². The number of aryl methyl sites for hydroxylation is 2. The van der Waals surface area contributed by atoms with E-state index >= 15 is 0 Å². The molecule has 1 amide bonds. The zero-order chi connectivity index (χ0) is 13.9. The third kappa shape index (κ3) is 3.22. The molecule has 0 saturated carbocycles. The van der Waals surface area contributed by atoms with Crippen LogP contribution in [0.3, 0.4) is 0 Å². The van der Waals surface area contributed by atoms with Gasteiger partial charge in [0.1, 0.15) is 6.54 Å². The number of hydrogen-bond donors (Lipinski definition) is 1. The first-order valence-corrected chi connectivity index (χ1v) is 7.36. The smallest absolute Gasteiger partial charge is 0.240 e. The van der Waals surface area contributed by atoms with Gasteiger partial charge in [-0.25, -0.2) is 8.42 Å². The lowest BCUT2D eigenvalue weighted by atomic mass is 10.1. The van der Waals surface area contributed by atoms with E-state index in [-0.39, 0.29) is 12.5 Å². The summed E-state index contributed by atoms with van der Waals surface area (Å²) in [5, 5.41) is 2.43. The standard InChI is InChI=1S/C12H18N2O3S/c1-9-6-5-7-10(2)12(9)14(18(4,16)17)8-11(15)13-3/h5-7H,8H2,1-4H3,(H,13,15). The third-order valence-electron chi connectivity index (χ3n) is 2.66. The Morgan fingerprint density at radius 2 is 1.78 bits per heavy atom. The molecule has 1 aromatic carbocycles. The van der Waals surface area contributed by atoms with Crippen molar-refractivity contribution in [3.05, 3.63) is 29.3 Å². The van der Waals surface area contributed by atoms with E-state index in [1.807, 2.05) is 32.0 Å². The highest BCUT2D eigenvalue weighted by molar-refractivity contribution is 7.92. The zero-order valence-electron chi connectivity index (χ0n) is 11.0. The Bertz CT molecular complexity index is 532. The van der Waals surface area contributed by atoms with Crippen LogP contribution < -0.4 is 9.62 Å². The second-order valence-electron chi connectivity index (χ2n) is 4.18. The number of nitrogens with one attached hydrogen (secondary N) is 1. The van der Waals surface area contributed by atoms with Crippen LogP contribution in [-0.4, -0.2) is 34.2 Å². The van der Waals surface area contributed by atoms with Crippen LogP contribution in [0.4, 0.5) is 5.69 Å². The number of sulfonamides is 1. The molecule has 0 aliphatic carbocycles. The summed E-state index contributed by atoms with van der Waals surface area (Å²) in [6.45, 7) is 3.44. The van der Waals surface area contributed by atoms with E-state index in [4.69, 9.17) is 0 Å². The molecule has 0 fully saturated rings. The predicted molar refractivity (Wildman–Crippen MR) is 72.2 cm³/mol. The topological polar surface area (TPSA) is 66.5 Å². The molecule has 0 saturated heterocycles. The van der Waals surface area contributed by atoms with E-state index in [2.05, 4.69) is 5.32 Å². The summed E-state index contributed by atoms with van der Waals surface area (Å²) in [6.07, 6.45) is 1.10. The minimum atomic E-state index is -3.50. The molecule has 5 nitrogen and oxygen atoms in total. The summed E-state index contributed by atoms with van der Waals surface area (Å²) in [5.41, 5.74) is 2.22. The predicted octanol–water partition coefficient (Wildman–Crippen LogP) is 0.815. The molecule has 0 bridgehead atoms. The van der Waals surface area contributed by atoms with Crippen LogP contribution >= 0.6 is 0 Å². The molecule has 6 heteroatoms. The van der Waals surface area contributed by atoms with Gasteiger partial charge in [0, 0.05) is 7.05 Å². The number of para-hydroxylation sites is 1. The molecule has 0 aromatic heterocycles.